The SMILES string of the molecule is FC(F)(F)c1ccc(Cc2cc3ccccc3c3ccccc23)cc1. The molecule has 25 heavy (non-hydrogen) atoms. The highest BCUT2D eigenvalue weighted by atomic mass is 19.4. The number of hydrogen-bond donors (Lipinski definition) is 0. The van der Waals surface area contributed by atoms with Crippen molar-refractivity contribution in [1.82, 2.24) is 0 Å². The topological polar surface area (TPSA) is 0 Å². The molecule has 0 aliphatic heterocycles. The summed E-state index contributed by atoms with van der Waals surface area (Å²) in [5, 5.41) is 4.64. The van der Waals surface area contributed by atoms with Crippen LogP contribution in [0.15, 0.2) is 78.9 Å². The molecule has 0 nitrogen and oxygen atoms in total. The van der Waals surface area contributed by atoms with Crippen LogP contribution in [0.1, 0.15) is 16.7 Å². The van der Waals surface area contributed by atoms with Crippen LogP contribution in [-0.4, -0.2) is 0 Å². The molecule has 0 amide bonds. The van der Waals surface area contributed by atoms with Gasteiger partial charge in [-0.05, 0) is 51.2 Å². The lowest BCUT2D eigenvalue weighted by atomic mass is 9.93. The number of hydrogen-bond acceptors (Lipinski definition) is 0. The van der Waals surface area contributed by atoms with Crippen LogP contribution in [0.3, 0.4) is 0 Å². The molecule has 0 saturated heterocycles. The van der Waals surface area contributed by atoms with E-state index in [1.165, 1.54) is 10.8 Å². The van der Waals surface area contributed by atoms with E-state index in [1.54, 1.807) is 12.1 Å². The van der Waals surface area contributed by atoms with Gasteiger partial charge in [-0.3, -0.25) is 0 Å². The fourth-order valence-corrected chi connectivity index (χ4v) is 3.31. The molecule has 0 aromatic heterocycles. The molecule has 4 aromatic carbocycles. The Hall–Kier alpha value is -2.81. The van der Waals surface area contributed by atoms with E-state index in [4.69, 9.17) is 0 Å². The second kappa shape index (κ2) is 5.92. The normalized spacial score (nSPS) is 12.0. The van der Waals surface area contributed by atoms with Crippen LogP contribution >= 0.6 is 0 Å². The Morgan fingerprint density at radius 1 is 0.640 bits per heavy atom. The van der Waals surface area contributed by atoms with Gasteiger partial charge in [0.25, 0.3) is 0 Å². The first-order valence-corrected chi connectivity index (χ1v) is 8.08. The van der Waals surface area contributed by atoms with Crippen molar-refractivity contribution < 1.29 is 13.2 Å². The minimum Gasteiger partial charge on any atom is -0.166 e. The lowest BCUT2D eigenvalue weighted by Gasteiger charge is -2.12. The first kappa shape index (κ1) is 15.7. The summed E-state index contributed by atoms with van der Waals surface area (Å²) >= 11 is 0. The molecule has 3 heteroatoms. The fourth-order valence-electron chi connectivity index (χ4n) is 3.31. The van der Waals surface area contributed by atoms with Gasteiger partial charge in [-0.2, -0.15) is 13.2 Å². The van der Waals surface area contributed by atoms with Crippen molar-refractivity contribution in [3.8, 4) is 0 Å². The summed E-state index contributed by atoms with van der Waals surface area (Å²) in [7, 11) is 0. The Balaban J connectivity index is 1.80. The lowest BCUT2D eigenvalue weighted by Crippen LogP contribution is -2.04. The van der Waals surface area contributed by atoms with E-state index in [1.807, 2.05) is 24.3 Å². The van der Waals surface area contributed by atoms with Crippen molar-refractivity contribution in [2.75, 3.05) is 0 Å². The van der Waals surface area contributed by atoms with Gasteiger partial charge in [0.1, 0.15) is 0 Å². The smallest absolute Gasteiger partial charge is 0.166 e. The van der Waals surface area contributed by atoms with Gasteiger partial charge in [0.05, 0.1) is 5.56 Å². The zero-order valence-electron chi connectivity index (χ0n) is 13.3. The first-order valence-electron chi connectivity index (χ1n) is 8.08. The average Bonchev–Trinajstić information content (AvgIpc) is 2.62. The Labute approximate surface area is 143 Å². The number of benzene rings is 4. The Morgan fingerprint density at radius 2 is 1.24 bits per heavy atom. The van der Waals surface area contributed by atoms with Gasteiger partial charge in [-0.15, -0.1) is 0 Å². The first-order chi connectivity index (χ1) is 12.0. The minimum atomic E-state index is -4.30. The Bertz CT molecular complexity index is 1040. The molecule has 0 spiro atoms. The monoisotopic (exact) mass is 336 g/mol. The van der Waals surface area contributed by atoms with Crippen molar-refractivity contribution >= 4 is 21.5 Å². The van der Waals surface area contributed by atoms with E-state index in [0.29, 0.717) is 6.42 Å². The highest BCUT2D eigenvalue weighted by Gasteiger charge is 2.29. The second-order valence-electron chi connectivity index (χ2n) is 6.17. The molecule has 4 rings (SSSR count). The third kappa shape index (κ3) is 2.98. The van der Waals surface area contributed by atoms with Crippen molar-refractivity contribution in [3.05, 3.63) is 95.6 Å². The largest absolute Gasteiger partial charge is 0.416 e. The average molecular weight is 336 g/mol. The third-order valence-corrected chi connectivity index (χ3v) is 4.53. The van der Waals surface area contributed by atoms with Gasteiger partial charge in [0.15, 0.2) is 0 Å². The fraction of sp³-hybridized carbons (Fsp3) is 0.0909. The van der Waals surface area contributed by atoms with E-state index < -0.39 is 11.7 Å². The molecule has 0 atom stereocenters. The van der Waals surface area contributed by atoms with Crippen molar-refractivity contribution in [1.29, 1.82) is 0 Å². The summed E-state index contributed by atoms with van der Waals surface area (Å²) in [6.45, 7) is 0. The maximum Gasteiger partial charge on any atom is 0.416 e. The lowest BCUT2D eigenvalue weighted by molar-refractivity contribution is -0.137. The van der Waals surface area contributed by atoms with Gasteiger partial charge in [0, 0.05) is 0 Å². The predicted molar refractivity (Wildman–Crippen MR) is 95.7 cm³/mol. The highest BCUT2D eigenvalue weighted by molar-refractivity contribution is 6.09. The van der Waals surface area contributed by atoms with Gasteiger partial charge < -0.3 is 0 Å². The number of alkyl halides is 3. The molecule has 0 saturated carbocycles. The van der Waals surface area contributed by atoms with Crippen LogP contribution in [-0.2, 0) is 12.6 Å². The Kier molecular flexibility index (Phi) is 3.72. The molecule has 0 heterocycles. The molecule has 0 bridgehead atoms. The zero-order chi connectivity index (χ0) is 17.4. The molecule has 0 unspecified atom stereocenters. The van der Waals surface area contributed by atoms with Crippen LogP contribution in [0.2, 0.25) is 0 Å². The maximum atomic E-state index is 12.7. The van der Waals surface area contributed by atoms with Crippen molar-refractivity contribution in [2.45, 2.75) is 12.6 Å². The van der Waals surface area contributed by atoms with Crippen LogP contribution in [0.4, 0.5) is 13.2 Å². The minimum absolute atomic E-state index is 0.601. The summed E-state index contributed by atoms with van der Waals surface area (Å²) in [6, 6.07) is 23.9. The second-order valence-corrected chi connectivity index (χ2v) is 6.17. The molecule has 0 fully saturated rings. The van der Waals surface area contributed by atoms with Crippen LogP contribution in [0.5, 0.6) is 0 Å². The van der Waals surface area contributed by atoms with Crippen LogP contribution in [0, 0.1) is 0 Å². The van der Waals surface area contributed by atoms with Crippen molar-refractivity contribution in [3.63, 3.8) is 0 Å². The standard InChI is InChI=1S/C22H15F3/c23-22(24,25)18-11-9-15(10-12-18)13-17-14-16-5-1-2-6-19(16)21-8-4-3-7-20(17)21/h1-12,14H,13H2. The summed E-state index contributed by atoms with van der Waals surface area (Å²) < 4.78 is 38.2. The number of fused-ring (bicyclic) bond motifs is 3. The van der Waals surface area contributed by atoms with E-state index in [9.17, 15) is 13.2 Å². The molecular weight excluding hydrogens is 321 g/mol. The van der Waals surface area contributed by atoms with Gasteiger partial charge in [0.2, 0.25) is 0 Å². The van der Waals surface area contributed by atoms with Gasteiger partial charge in [-0.25, -0.2) is 0 Å². The summed E-state index contributed by atoms with van der Waals surface area (Å²) in [4.78, 5) is 0. The molecule has 4 aromatic rings. The molecule has 124 valence electrons. The number of halogens is 3. The van der Waals surface area contributed by atoms with Gasteiger partial charge >= 0.3 is 6.18 Å². The van der Waals surface area contributed by atoms with Crippen LogP contribution < -0.4 is 0 Å². The van der Waals surface area contributed by atoms with Gasteiger partial charge in [-0.1, -0.05) is 66.7 Å². The molecule has 0 aliphatic rings. The molecular formula is C22H15F3. The van der Waals surface area contributed by atoms with E-state index in [-0.39, 0.29) is 0 Å². The van der Waals surface area contributed by atoms with E-state index in [0.717, 1.165) is 34.0 Å². The quantitative estimate of drug-likeness (QED) is 0.362. The molecule has 0 N–H and O–H groups in total. The zero-order valence-corrected chi connectivity index (χ0v) is 13.3. The number of rotatable bonds is 2. The summed E-state index contributed by atoms with van der Waals surface area (Å²) in [6.07, 6.45) is -3.70. The van der Waals surface area contributed by atoms with Crippen LogP contribution in [0.25, 0.3) is 21.5 Å². The summed E-state index contributed by atoms with van der Waals surface area (Å²) in [5.41, 5.74) is 1.38. The summed E-state index contributed by atoms with van der Waals surface area (Å²) in [5.74, 6) is 0. The third-order valence-electron chi connectivity index (χ3n) is 4.53. The highest BCUT2D eigenvalue weighted by Crippen LogP contribution is 2.32. The van der Waals surface area contributed by atoms with E-state index >= 15 is 0 Å². The Morgan fingerprint density at radius 3 is 1.92 bits per heavy atom. The molecule has 0 aliphatic carbocycles. The van der Waals surface area contributed by atoms with Crippen molar-refractivity contribution in [2.24, 2.45) is 0 Å². The predicted octanol–water partition coefficient (Wildman–Crippen LogP) is 6.60. The molecule has 0 radical (unpaired) electrons. The van der Waals surface area contributed by atoms with E-state index in [2.05, 4.69) is 30.3 Å². The maximum absolute atomic E-state index is 12.7.